The lowest BCUT2D eigenvalue weighted by Crippen LogP contribution is -2.44. The van der Waals surface area contributed by atoms with Crippen LogP contribution in [0.3, 0.4) is 0 Å². The summed E-state index contributed by atoms with van der Waals surface area (Å²) >= 11 is 0. The molecule has 7 nitrogen and oxygen atoms in total. The van der Waals surface area contributed by atoms with E-state index in [0.717, 1.165) is 25.7 Å². The van der Waals surface area contributed by atoms with Crippen molar-refractivity contribution in [2.75, 3.05) is 17.3 Å². The third-order valence-corrected chi connectivity index (χ3v) is 3.54. The van der Waals surface area contributed by atoms with Gasteiger partial charge in [-0.15, -0.1) is 0 Å². The fraction of sp³-hybridized carbons (Fsp3) is 0.750. The van der Waals surface area contributed by atoms with E-state index in [0.29, 0.717) is 24.5 Å². The van der Waals surface area contributed by atoms with Gasteiger partial charge in [0, 0.05) is 5.54 Å². The molecule has 1 fully saturated rings. The zero-order chi connectivity index (χ0) is 13.7. The predicted octanol–water partition coefficient (Wildman–Crippen LogP) is 1.69. The summed E-state index contributed by atoms with van der Waals surface area (Å²) in [5.41, 5.74) is 2.56. The van der Waals surface area contributed by atoms with Crippen molar-refractivity contribution in [2.45, 2.75) is 51.5 Å². The summed E-state index contributed by atoms with van der Waals surface area (Å²) in [5, 5.41) is 3.40. The van der Waals surface area contributed by atoms with Crippen molar-refractivity contribution in [3.8, 4) is 6.01 Å². The lowest BCUT2D eigenvalue weighted by Gasteiger charge is -2.41. The first-order valence-corrected chi connectivity index (χ1v) is 6.85. The van der Waals surface area contributed by atoms with Crippen LogP contribution < -0.4 is 21.3 Å². The van der Waals surface area contributed by atoms with Crippen molar-refractivity contribution >= 4 is 11.9 Å². The van der Waals surface area contributed by atoms with Gasteiger partial charge in [0.05, 0.1) is 6.61 Å². The number of aromatic nitrogens is 3. The highest BCUT2D eigenvalue weighted by Gasteiger charge is 2.35. The lowest BCUT2D eigenvalue weighted by atomic mass is 9.75. The minimum Gasteiger partial charge on any atom is -0.463 e. The van der Waals surface area contributed by atoms with Gasteiger partial charge in [-0.05, 0) is 32.1 Å². The van der Waals surface area contributed by atoms with E-state index >= 15 is 0 Å². The molecule has 0 saturated heterocycles. The number of nitrogens with zero attached hydrogens (tertiary/aromatic N) is 3. The SMILES string of the molecule is CCCOc1nc(NN)nc(NC2(CC)CCC2)n1. The third-order valence-electron chi connectivity index (χ3n) is 3.54. The van der Waals surface area contributed by atoms with Crippen LogP contribution in [0.15, 0.2) is 0 Å². The minimum absolute atomic E-state index is 0.120. The van der Waals surface area contributed by atoms with Crippen molar-refractivity contribution in [2.24, 2.45) is 5.84 Å². The maximum atomic E-state index is 5.44. The number of nitrogens with two attached hydrogens (primary N) is 1. The van der Waals surface area contributed by atoms with Crippen LogP contribution >= 0.6 is 0 Å². The normalized spacial score (nSPS) is 16.6. The highest BCUT2D eigenvalue weighted by atomic mass is 16.5. The molecule has 1 aliphatic rings. The van der Waals surface area contributed by atoms with Gasteiger partial charge < -0.3 is 10.1 Å². The van der Waals surface area contributed by atoms with E-state index in [9.17, 15) is 0 Å². The number of hydrogen-bond acceptors (Lipinski definition) is 7. The third kappa shape index (κ3) is 3.23. The molecule has 1 saturated carbocycles. The Hall–Kier alpha value is -1.63. The predicted molar refractivity (Wildman–Crippen MR) is 73.9 cm³/mol. The van der Waals surface area contributed by atoms with Gasteiger partial charge in [-0.1, -0.05) is 13.8 Å². The van der Waals surface area contributed by atoms with Gasteiger partial charge >= 0.3 is 6.01 Å². The molecule has 0 atom stereocenters. The van der Waals surface area contributed by atoms with Gasteiger partial charge in [-0.25, -0.2) is 5.84 Å². The van der Waals surface area contributed by atoms with E-state index in [1.807, 2.05) is 6.92 Å². The van der Waals surface area contributed by atoms with Crippen LogP contribution in [-0.2, 0) is 0 Å². The second-order valence-corrected chi connectivity index (χ2v) is 4.87. The number of anilines is 2. The largest absolute Gasteiger partial charge is 0.463 e. The molecule has 1 heterocycles. The molecular formula is C12H22N6O. The fourth-order valence-corrected chi connectivity index (χ4v) is 2.14. The number of rotatable bonds is 7. The van der Waals surface area contributed by atoms with E-state index in [4.69, 9.17) is 10.6 Å². The molecule has 0 amide bonds. The Labute approximate surface area is 113 Å². The molecule has 2 rings (SSSR count). The average Bonchev–Trinajstić information content (AvgIpc) is 2.40. The van der Waals surface area contributed by atoms with Gasteiger partial charge in [-0.2, -0.15) is 15.0 Å². The Kier molecular flexibility index (Phi) is 4.36. The maximum Gasteiger partial charge on any atom is 0.323 e. The van der Waals surface area contributed by atoms with Crippen molar-refractivity contribution in [3.05, 3.63) is 0 Å². The summed E-state index contributed by atoms with van der Waals surface area (Å²) in [6.45, 7) is 4.78. The Morgan fingerprint density at radius 1 is 1.21 bits per heavy atom. The second kappa shape index (κ2) is 6.01. The van der Waals surface area contributed by atoms with Crippen LogP contribution in [0.1, 0.15) is 46.0 Å². The number of hydrazine groups is 1. The average molecular weight is 266 g/mol. The Morgan fingerprint density at radius 2 is 1.95 bits per heavy atom. The molecule has 106 valence electrons. The Morgan fingerprint density at radius 3 is 2.47 bits per heavy atom. The standard InChI is InChI=1S/C12H22N6O/c1-3-8-19-11-15-9(14-10(16-11)18-13)17-12(4-2)6-5-7-12/h3-8,13H2,1-2H3,(H2,14,15,16,17,18). The number of nitrogens with one attached hydrogen (secondary N) is 2. The maximum absolute atomic E-state index is 5.44. The Bertz CT molecular complexity index is 415. The molecule has 1 aromatic rings. The molecule has 0 unspecified atom stereocenters. The van der Waals surface area contributed by atoms with Gasteiger partial charge in [0.1, 0.15) is 0 Å². The van der Waals surface area contributed by atoms with Gasteiger partial charge in [-0.3, -0.25) is 5.43 Å². The van der Waals surface area contributed by atoms with Crippen molar-refractivity contribution in [3.63, 3.8) is 0 Å². The zero-order valence-electron chi connectivity index (χ0n) is 11.6. The fourth-order valence-electron chi connectivity index (χ4n) is 2.14. The molecule has 0 spiro atoms. The van der Waals surface area contributed by atoms with Gasteiger partial charge in [0.25, 0.3) is 0 Å². The first-order chi connectivity index (χ1) is 9.21. The molecular weight excluding hydrogens is 244 g/mol. The number of nitrogen functional groups attached to an aromatic ring is 1. The molecule has 19 heavy (non-hydrogen) atoms. The Balaban J connectivity index is 2.14. The topological polar surface area (TPSA) is 98.0 Å². The smallest absolute Gasteiger partial charge is 0.323 e. The zero-order valence-corrected chi connectivity index (χ0v) is 11.6. The summed E-state index contributed by atoms with van der Waals surface area (Å²) in [5.74, 6) is 6.21. The molecule has 1 aromatic heterocycles. The van der Waals surface area contributed by atoms with Crippen molar-refractivity contribution in [1.82, 2.24) is 15.0 Å². The number of ether oxygens (including phenoxy) is 1. The van der Waals surface area contributed by atoms with Crippen LogP contribution in [0.4, 0.5) is 11.9 Å². The summed E-state index contributed by atoms with van der Waals surface area (Å²) in [4.78, 5) is 12.6. The van der Waals surface area contributed by atoms with Crippen LogP contribution in [0, 0.1) is 0 Å². The number of hydrogen-bond donors (Lipinski definition) is 3. The highest BCUT2D eigenvalue weighted by molar-refractivity contribution is 5.38. The summed E-state index contributed by atoms with van der Waals surface area (Å²) in [6, 6.07) is 0.304. The molecule has 0 aromatic carbocycles. The van der Waals surface area contributed by atoms with Gasteiger partial charge in [0.2, 0.25) is 11.9 Å². The van der Waals surface area contributed by atoms with Crippen LogP contribution in [0.25, 0.3) is 0 Å². The molecule has 0 aliphatic heterocycles. The van der Waals surface area contributed by atoms with E-state index in [1.165, 1.54) is 6.42 Å². The monoisotopic (exact) mass is 266 g/mol. The van der Waals surface area contributed by atoms with Crippen molar-refractivity contribution in [1.29, 1.82) is 0 Å². The van der Waals surface area contributed by atoms with Crippen LogP contribution in [0.2, 0.25) is 0 Å². The van der Waals surface area contributed by atoms with Crippen molar-refractivity contribution < 1.29 is 4.74 Å². The van der Waals surface area contributed by atoms with E-state index < -0.39 is 0 Å². The molecule has 0 radical (unpaired) electrons. The first-order valence-electron chi connectivity index (χ1n) is 6.85. The van der Waals surface area contributed by atoms with E-state index in [2.05, 4.69) is 32.6 Å². The highest BCUT2D eigenvalue weighted by Crippen LogP contribution is 2.37. The van der Waals surface area contributed by atoms with Crippen LogP contribution in [0.5, 0.6) is 6.01 Å². The van der Waals surface area contributed by atoms with Gasteiger partial charge in [0.15, 0.2) is 0 Å². The first kappa shape index (κ1) is 13.8. The van der Waals surface area contributed by atoms with E-state index in [-0.39, 0.29) is 5.54 Å². The quantitative estimate of drug-likeness (QED) is 0.510. The molecule has 7 heteroatoms. The molecule has 0 bridgehead atoms. The minimum atomic E-state index is 0.120. The molecule has 4 N–H and O–H groups in total. The second-order valence-electron chi connectivity index (χ2n) is 4.87. The van der Waals surface area contributed by atoms with E-state index in [1.54, 1.807) is 0 Å². The summed E-state index contributed by atoms with van der Waals surface area (Å²) in [7, 11) is 0. The summed E-state index contributed by atoms with van der Waals surface area (Å²) < 4.78 is 5.44. The molecule has 1 aliphatic carbocycles. The summed E-state index contributed by atoms with van der Waals surface area (Å²) in [6.07, 6.45) is 5.48. The lowest BCUT2D eigenvalue weighted by molar-refractivity contribution is 0.265. The van der Waals surface area contributed by atoms with Crippen LogP contribution in [-0.4, -0.2) is 27.1 Å².